The number of hydrogen-bond acceptors (Lipinski definition) is 4. The molecule has 1 aromatic carbocycles. The van der Waals surface area contributed by atoms with Gasteiger partial charge < -0.3 is 25.6 Å². The molecule has 7 nitrogen and oxygen atoms in total. The van der Waals surface area contributed by atoms with E-state index in [4.69, 9.17) is 16.3 Å². The lowest BCUT2D eigenvalue weighted by atomic mass is 10.1. The molecule has 1 aliphatic rings. The highest BCUT2D eigenvalue weighted by Gasteiger charge is 2.25. The Morgan fingerprint density at radius 1 is 1.39 bits per heavy atom. The summed E-state index contributed by atoms with van der Waals surface area (Å²) in [5, 5.41) is 10.1. The highest BCUT2D eigenvalue weighted by molar-refractivity contribution is 14.0. The van der Waals surface area contributed by atoms with E-state index in [-0.39, 0.29) is 48.0 Å². The van der Waals surface area contributed by atoms with Crippen LogP contribution in [-0.2, 0) is 4.79 Å². The first-order valence-corrected chi connectivity index (χ1v) is 9.46. The van der Waals surface area contributed by atoms with Crippen LogP contribution < -0.4 is 25.6 Å². The third-order valence-corrected chi connectivity index (χ3v) is 4.40. The van der Waals surface area contributed by atoms with Gasteiger partial charge in [-0.2, -0.15) is 0 Å². The first kappa shape index (κ1) is 24.6. The summed E-state index contributed by atoms with van der Waals surface area (Å²) in [5.74, 6) is 1.35. The Labute approximate surface area is 189 Å². The van der Waals surface area contributed by atoms with E-state index in [0.717, 1.165) is 30.9 Å². The first-order valence-electron chi connectivity index (χ1n) is 9.08. The number of nitrogens with one attached hydrogen (secondary N) is 3. The van der Waals surface area contributed by atoms with E-state index in [9.17, 15) is 4.79 Å². The molecule has 1 aliphatic heterocycles. The van der Waals surface area contributed by atoms with Crippen LogP contribution in [0.5, 0.6) is 5.75 Å². The molecule has 158 valence electrons. The lowest BCUT2D eigenvalue weighted by Crippen LogP contribution is -2.50. The Morgan fingerprint density at radius 2 is 2.11 bits per heavy atom. The van der Waals surface area contributed by atoms with Crippen LogP contribution in [0.25, 0.3) is 0 Å². The normalized spacial score (nSPS) is 17.0. The van der Waals surface area contributed by atoms with Crippen LogP contribution in [0.1, 0.15) is 27.2 Å². The molecule has 1 saturated heterocycles. The maximum Gasteiger partial charge on any atom is 0.239 e. The molecule has 0 radical (unpaired) electrons. The van der Waals surface area contributed by atoms with Crippen molar-refractivity contribution >= 4 is 53.1 Å². The minimum Gasteiger partial charge on any atom is -0.495 e. The van der Waals surface area contributed by atoms with E-state index in [1.165, 1.54) is 0 Å². The summed E-state index contributed by atoms with van der Waals surface area (Å²) in [6.07, 6.45) is 0.949. The number of ether oxygens (including phenoxy) is 1. The van der Waals surface area contributed by atoms with Crippen LogP contribution in [0.2, 0.25) is 5.02 Å². The monoisotopic (exact) mass is 523 g/mol. The van der Waals surface area contributed by atoms with Gasteiger partial charge in [-0.15, -0.1) is 24.0 Å². The van der Waals surface area contributed by atoms with E-state index in [2.05, 4.69) is 25.8 Å². The number of anilines is 1. The van der Waals surface area contributed by atoms with Crippen LogP contribution in [0.15, 0.2) is 23.2 Å². The number of carbonyl (C=O) groups excluding carboxylic acids is 1. The fourth-order valence-corrected chi connectivity index (χ4v) is 3.19. The van der Waals surface area contributed by atoms with Gasteiger partial charge in [0.25, 0.3) is 0 Å². The van der Waals surface area contributed by atoms with Crippen molar-refractivity contribution in [3.8, 4) is 5.75 Å². The van der Waals surface area contributed by atoms with E-state index in [1.807, 2.05) is 39.0 Å². The number of halogens is 2. The number of hydrogen-bond donors (Lipinski definition) is 3. The Bertz CT molecular complexity index is 693. The minimum absolute atomic E-state index is 0. The fourth-order valence-electron chi connectivity index (χ4n) is 3.02. The number of guanidine groups is 1. The number of nitrogens with zero attached hydrogens (tertiary/aromatic N) is 2. The van der Waals surface area contributed by atoms with Gasteiger partial charge in [0, 0.05) is 36.7 Å². The minimum atomic E-state index is -0.252. The second-order valence-electron chi connectivity index (χ2n) is 7.62. The molecule has 0 aromatic heterocycles. The molecule has 0 saturated carbocycles. The SMILES string of the molecule is CN=C(NCC(=O)NC(C)(C)C)NC1CCN(c2cc(Cl)ccc2OC)C1.I. The summed E-state index contributed by atoms with van der Waals surface area (Å²) in [5.41, 5.74) is 0.735. The van der Waals surface area contributed by atoms with Crippen LogP contribution in [0.4, 0.5) is 5.69 Å². The largest absolute Gasteiger partial charge is 0.495 e. The summed E-state index contributed by atoms with van der Waals surface area (Å²) in [6.45, 7) is 7.72. The molecule has 0 aliphatic carbocycles. The van der Waals surface area contributed by atoms with Crippen LogP contribution in [0.3, 0.4) is 0 Å². The average Bonchev–Trinajstić information content (AvgIpc) is 3.05. The van der Waals surface area contributed by atoms with Gasteiger partial charge in [-0.25, -0.2) is 0 Å². The molecule has 2 rings (SSSR count). The number of rotatable bonds is 5. The third kappa shape index (κ3) is 7.54. The molecule has 1 unspecified atom stereocenters. The van der Waals surface area contributed by atoms with Crippen LogP contribution in [-0.4, -0.2) is 57.2 Å². The molecule has 0 bridgehead atoms. The topological polar surface area (TPSA) is 78.0 Å². The second-order valence-corrected chi connectivity index (χ2v) is 8.05. The van der Waals surface area contributed by atoms with Gasteiger partial charge in [-0.05, 0) is 45.4 Å². The summed E-state index contributed by atoms with van der Waals surface area (Å²) >= 11 is 6.15. The zero-order valence-electron chi connectivity index (χ0n) is 17.1. The van der Waals surface area contributed by atoms with E-state index in [0.29, 0.717) is 11.0 Å². The highest BCUT2D eigenvalue weighted by atomic mass is 127. The number of aliphatic imine (C=N–C) groups is 1. The highest BCUT2D eigenvalue weighted by Crippen LogP contribution is 2.33. The summed E-state index contributed by atoms with van der Waals surface area (Å²) < 4.78 is 5.45. The number of benzene rings is 1. The summed E-state index contributed by atoms with van der Waals surface area (Å²) in [4.78, 5) is 18.4. The molecule has 1 heterocycles. The smallest absolute Gasteiger partial charge is 0.239 e. The molecular formula is C19H31ClIN5O2. The molecule has 28 heavy (non-hydrogen) atoms. The van der Waals surface area contributed by atoms with E-state index < -0.39 is 0 Å². The molecule has 0 spiro atoms. The Morgan fingerprint density at radius 3 is 2.71 bits per heavy atom. The van der Waals surface area contributed by atoms with Crippen molar-refractivity contribution in [2.45, 2.75) is 38.8 Å². The number of carbonyl (C=O) groups is 1. The van der Waals surface area contributed by atoms with Crippen molar-refractivity contribution in [1.29, 1.82) is 0 Å². The lowest BCUT2D eigenvalue weighted by molar-refractivity contribution is -0.121. The van der Waals surface area contributed by atoms with Crippen LogP contribution in [0, 0.1) is 0 Å². The molecule has 1 fully saturated rings. The lowest BCUT2D eigenvalue weighted by Gasteiger charge is -2.23. The molecule has 9 heteroatoms. The number of amides is 1. The number of methoxy groups -OCH3 is 1. The van der Waals surface area contributed by atoms with Gasteiger partial charge in [-0.3, -0.25) is 9.79 Å². The first-order chi connectivity index (χ1) is 12.7. The quantitative estimate of drug-likeness (QED) is 0.314. The fraction of sp³-hybridized carbons (Fsp3) is 0.579. The van der Waals surface area contributed by atoms with Gasteiger partial charge in [0.15, 0.2) is 5.96 Å². The van der Waals surface area contributed by atoms with Crippen molar-refractivity contribution < 1.29 is 9.53 Å². The van der Waals surface area contributed by atoms with Gasteiger partial charge in [-0.1, -0.05) is 11.6 Å². The van der Waals surface area contributed by atoms with Gasteiger partial charge in [0.2, 0.25) is 5.91 Å². The molecule has 1 aromatic rings. The zero-order chi connectivity index (χ0) is 20.0. The molecule has 3 N–H and O–H groups in total. The Hall–Kier alpha value is -1.42. The predicted molar refractivity (Wildman–Crippen MR) is 126 cm³/mol. The van der Waals surface area contributed by atoms with Gasteiger partial charge in [0.05, 0.1) is 19.3 Å². The maximum absolute atomic E-state index is 12.0. The Kier molecular flexibility index (Phi) is 9.62. The van der Waals surface area contributed by atoms with Crippen molar-refractivity contribution in [3.05, 3.63) is 23.2 Å². The average molecular weight is 524 g/mol. The van der Waals surface area contributed by atoms with Crippen molar-refractivity contribution in [2.24, 2.45) is 4.99 Å². The molecule has 1 atom stereocenters. The predicted octanol–water partition coefficient (Wildman–Crippen LogP) is 2.63. The van der Waals surface area contributed by atoms with Crippen LogP contribution >= 0.6 is 35.6 Å². The van der Waals surface area contributed by atoms with E-state index >= 15 is 0 Å². The van der Waals surface area contributed by atoms with Crippen molar-refractivity contribution in [1.82, 2.24) is 16.0 Å². The standard InChI is InChI=1S/C19H30ClN5O2.HI/c1-19(2,3)24-17(26)11-22-18(21-4)23-14-8-9-25(12-14)15-10-13(20)6-7-16(15)27-5;/h6-7,10,14H,8-9,11-12H2,1-5H3,(H,24,26)(H2,21,22,23);1H. The second kappa shape index (κ2) is 10.9. The summed E-state index contributed by atoms with van der Waals surface area (Å²) in [6, 6.07) is 5.84. The maximum atomic E-state index is 12.0. The molecule has 1 amide bonds. The molecular weight excluding hydrogens is 493 g/mol. The van der Waals surface area contributed by atoms with Gasteiger partial charge in [0.1, 0.15) is 5.75 Å². The third-order valence-electron chi connectivity index (χ3n) is 4.17. The van der Waals surface area contributed by atoms with Gasteiger partial charge >= 0.3 is 0 Å². The Balaban J connectivity index is 0.00000392. The van der Waals surface area contributed by atoms with E-state index in [1.54, 1.807) is 14.2 Å². The zero-order valence-corrected chi connectivity index (χ0v) is 20.2. The van der Waals surface area contributed by atoms with Crippen molar-refractivity contribution in [3.63, 3.8) is 0 Å². The van der Waals surface area contributed by atoms with Crippen molar-refractivity contribution in [2.75, 3.05) is 38.7 Å². The summed E-state index contributed by atoms with van der Waals surface area (Å²) in [7, 11) is 3.36.